The number of hydrogen-bond donors (Lipinski definition) is 1. The van der Waals surface area contributed by atoms with Gasteiger partial charge in [0.05, 0.1) is 6.04 Å². The second-order valence-corrected chi connectivity index (χ2v) is 8.69. The van der Waals surface area contributed by atoms with E-state index >= 15 is 0 Å². The van der Waals surface area contributed by atoms with Gasteiger partial charge in [0.25, 0.3) is 0 Å². The number of carbonyl (C=O) groups excluding carboxylic acids is 2. The molecule has 0 radical (unpaired) electrons. The molecule has 1 aliphatic carbocycles. The van der Waals surface area contributed by atoms with E-state index in [1.165, 1.54) is 19.3 Å². The molecule has 1 saturated carbocycles. The van der Waals surface area contributed by atoms with Crippen LogP contribution in [0.3, 0.4) is 0 Å². The molecule has 0 aromatic rings. The summed E-state index contributed by atoms with van der Waals surface area (Å²) in [6.45, 7) is 11.8. The largest absolute Gasteiger partial charge is 0.346 e. The van der Waals surface area contributed by atoms with E-state index in [1.54, 1.807) is 0 Å². The van der Waals surface area contributed by atoms with Gasteiger partial charge in [0, 0.05) is 11.8 Å². The Balaban J connectivity index is 2.68. The number of rotatable bonds is 4. The number of ketones is 1. The van der Waals surface area contributed by atoms with Gasteiger partial charge in [-0.3, -0.25) is 9.59 Å². The van der Waals surface area contributed by atoms with Crippen molar-refractivity contribution in [1.29, 1.82) is 0 Å². The molecule has 1 atom stereocenters. The molecule has 0 spiro atoms. The Morgan fingerprint density at radius 1 is 1.00 bits per heavy atom. The third-order valence-electron chi connectivity index (χ3n) is 4.37. The fourth-order valence-electron chi connectivity index (χ4n) is 2.98. The first-order chi connectivity index (χ1) is 9.51. The average molecular weight is 295 g/mol. The van der Waals surface area contributed by atoms with Crippen LogP contribution in [0.4, 0.5) is 0 Å². The zero-order chi connectivity index (χ0) is 16.3. The molecular formula is C18H33NO2. The van der Waals surface area contributed by atoms with Crippen molar-refractivity contribution in [1.82, 2.24) is 5.32 Å². The zero-order valence-electron chi connectivity index (χ0n) is 14.7. The molecule has 1 fully saturated rings. The van der Waals surface area contributed by atoms with E-state index in [0.717, 1.165) is 12.8 Å². The smallest absolute Gasteiger partial charge is 0.220 e. The Labute approximate surface area is 130 Å². The van der Waals surface area contributed by atoms with Gasteiger partial charge in [-0.15, -0.1) is 0 Å². The van der Waals surface area contributed by atoms with Crippen LogP contribution in [0.25, 0.3) is 0 Å². The van der Waals surface area contributed by atoms with Gasteiger partial charge in [-0.2, -0.15) is 0 Å². The van der Waals surface area contributed by atoms with Crippen LogP contribution in [0.2, 0.25) is 0 Å². The van der Waals surface area contributed by atoms with Crippen molar-refractivity contribution in [3.05, 3.63) is 0 Å². The quantitative estimate of drug-likeness (QED) is 0.848. The third-order valence-corrected chi connectivity index (χ3v) is 4.37. The lowest BCUT2D eigenvalue weighted by atomic mass is 9.75. The van der Waals surface area contributed by atoms with Crippen LogP contribution in [-0.2, 0) is 9.59 Å². The minimum Gasteiger partial charge on any atom is -0.346 e. The fourth-order valence-corrected chi connectivity index (χ4v) is 2.98. The summed E-state index contributed by atoms with van der Waals surface area (Å²) in [5, 5.41) is 3.02. The molecule has 122 valence electrons. The maximum Gasteiger partial charge on any atom is 0.220 e. The molecule has 0 aromatic heterocycles. The second kappa shape index (κ2) is 6.93. The molecule has 1 amide bonds. The summed E-state index contributed by atoms with van der Waals surface area (Å²) in [6.07, 6.45) is 6.65. The van der Waals surface area contributed by atoms with E-state index in [0.29, 0.717) is 12.3 Å². The van der Waals surface area contributed by atoms with Crippen molar-refractivity contribution in [3.8, 4) is 0 Å². The molecule has 3 heteroatoms. The van der Waals surface area contributed by atoms with Gasteiger partial charge in [0.1, 0.15) is 0 Å². The number of hydrogen-bond acceptors (Lipinski definition) is 2. The summed E-state index contributed by atoms with van der Waals surface area (Å²) in [4.78, 5) is 25.0. The van der Waals surface area contributed by atoms with Crippen molar-refractivity contribution in [2.24, 2.45) is 16.7 Å². The van der Waals surface area contributed by atoms with Crippen LogP contribution in [0.1, 0.15) is 80.1 Å². The van der Waals surface area contributed by atoms with Crippen LogP contribution >= 0.6 is 0 Å². The highest BCUT2D eigenvalue weighted by molar-refractivity contribution is 5.93. The highest BCUT2D eigenvalue weighted by Crippen LogP contribution is 2.29. The summed E-state index contributed by atoms with van der Waals surface area (Å²) in [6, 6.07) is -0.409. The van der Waals surface area contributed by atoms with Crippen molar-refractivity contribution in [2.45, 2.75) is 86.1 Å². The molecule has 3 nitrogen and oxygen atoms in total. The van der Waals surface area contributed by atoms with Gasteiger partial charge < -0.3 is 5.32 Å². The first-order valence-electron chi connectivity index (χ1n) is 8.35. The van der Waals surface area contributed by atoms with Crippen LogP contribution in [0.15, 0.2) is 0 Å². The van der Waals surface area contributed by atoms with Gasteiger partial charge in [-0.05, 0) is 24.2 Å². The first-order valence-corrected chi connectivity index (χ1v) is 8.35. The van der Waals surface area contributed by atoms with Crippen LogP contribution < -0.4 is 5.32 Å². The molecule has 0 aromatic carbocycles. The van der Waals surface area contributed by atoms with Crippen LogP contribution in [0.5, 0.6) is 0 Å². The molecule has 0 saturated heterocycles. The molecule has 0 aliphatic heterocycles. The standard InChI is InChI=1S/C18H33NO2/c1-17(2,3)15(16(21)18(4,5)6)19-14(20)12-13-10-8-7-9-11-13/h13,15H,7-12H2,1-6H3,(H,19,20). The van der Waals surface area contributed by atoms with E-state index in [2.05, 4.69) is 5.32 Å². The Morgan fingerprint density at radius 3 is 1.95 bits per heavy atom. The molecule has 0 bridgehead atoms. The van der Waals surface area contributed by atoms with Crippen molar-refractivity contribution >= 4 is 11.7 Å². The highest BCUT2D eigenvalue weighted by atomic mass is 16.2. The van der Waals surface area contributed by atoms with Gasteiger partial charge in [0.2, 0.25) is 5.91 Å². The topological polar surface area (TPSA) is 46.2 Å². The molecule has 0 heterocycles. The molecule has 1 N–H and O–H groups in total. The zero-order valence-corrected chi connectivity index (χ0v) is 14.7. The number of nitrogens with one attached hydrogen (secondary N) is 1. The number of carbonyl (C=O) groups is 2. The Morgan fingerprint density at radius 2 is 1.52 bits per heavy atom. The first kappa shape index (κ1) is 18.2. The summed E-state index contributed by atoms with van der Waals surface area (Å²) < 4.78 is 0. The van der Waals surface area contributed by atoms with Crippen molar-refractivity contribution < 1.29 is 9.59 Å². The average Bonchev–Trinajstić information content (AvgIpc) is 2.34. The van der Waals surface area contributed by atoms with E-state index in [-0.39, 0.29) is 17.1 Å². The summed E-state index contributed by atoms with van der Waals surface area (Å²) >= 11 is 0. The maximum absolute atomic E-state index is 12.6. The van der Waals surface area contributed by atoms with E-state index in [4.69, 9.17) is 0 Å². The molecule has 1 unspecified atom stereocenters. The van der Waals surface area contributed by atoms with Gasteiger partial charge in [0.15, 0.2) is 5.78 Å². The molecule has 1 rings (SSSR count). The van der Waals surface area contributed by atoms with Crippen LogP contribution in [-0.4, -0.2) is 17.7 Å². The van der Waals surface area contributed by atoms with E-state index < -0.39 is 11.5 Å². The lowest BCUT2D eigenvalue weighted by molar-refractivity contribution is -0.135. The normalized spacial score (nSPS) is 19.1. The SMILES string of the molecule is CC(C)(C)C(=O)C(NC(=O)CC1CCCCC1)C(C)(C)C. The molecular weight excluding hydrogens is 262 g/mol. The second-order valence-electron chi connectivity index (χ2n) is 8.69. The predicted molar refractivity (Wildman–Crippen MR) is 87.0 cm³/mol. The monoisotopic (exact) mass is 295 g/mol. The van der Waals surface area contributed by atoms with Crippen LogP contribution in [0, 0.1) is 16.7 Å². The molecule has 1 aliphatic rings. The molecule has 21 heavy (non-hydrogen) atoms. The lowest BCUT2D eigenvalue weighted by Gasteiger charge is -2.35. The highest BCUT2D eigenvalue weighted by Gasteiger charge is 2.38. The van der Waals surface area contributed by atoms with E-state index in [9.17, 15) is 9.59 Å². The number of Topliss-reactive ketones (excluding diaryl/α,β-unsaturated/α-hetero) is 1. The maximum atomic E-state index is 12.6. The Kier molecular flexibility index (Phi) is 6.01. The summed E-state index contributed by atoms with van der Waals surface area (Å²) in [7, 11) is 0. The predicted octanol–water partition coefficient (Wildman–Crippen LogP) is 4.10. The van der Waals surface area contributed by atoms with Crippen molar-refractivity contribution in [3.63, 3.8) is 0 Å². The van der Waals surface area contributed by atoms with Gasteiger partial charge in [-0.1, -0.05) is 60.8 Å². The van der Waals surface area contributed by atoms with E-state index in [1.807, 2.05) is 41.5 Å². The summed E-state index contributed by atoms with van der Waals surface area (Å²) in [5.41, 5.74) is -0.692. The number of amides is 1. The van der Waals surface area contributed by atoms with Gasteiger partial charge >= 0.3 is 0 Å². The minimum atomic E-state index is -0.434. The lowest BCUT2D eigenvalue weighted by Crippen LogP contribution is -2.53. The Bertz CT molecular complexity index is 368. The Hall–Kier alpha value is -0.860. The third kappa shape index (κ3) is 5.80. The van der Waals surface area contributed by atoms with Crippen molar-refractivity contribution in [2.75, 3.05) is 0 Å². The fraction of sp³-hybridized carbons (Fsp3) is 0.889. The summed E-state index contributed by atoms with van der Waals surface area (Å²) in [5.74, 6) is 0.663. The minimum absolute atomic E-state index is 0.0411. The van der Waals surface area contributed by atoms with Gasteiger partial charge in [-0.25, -0.2) is 0 Å².